The molecule has 0 bridgehead atoms. The van der Waals surface area contributed by atoms with E-state index >= 15 is 0 Å². The van der Waals surface area contributed by atoms with Gasteiger partial charge in [-0.1, -0.05) is 23.7 Å². The lowest BCUT2D eigenvalue weighted by atomic mass is 9.94. The van der Waals surface area contributed by atoms with E-state index in [1.54, 1.807) is 0 Å². The van der Waals surface area contributed by atoms with Crippen LogP contribution in [0.15, 0.2) is 61.2 Å². The second kappa shape index (κ2) is 7.94. The van der Waals surface area contributed by atoms with Crippen molar-refractivity contribution in [2.75, 3.05) is 13.1 Å². The molecule has 1 aliphatic heterocycles. The SMILES string of the molecule is Clc1cccc(-c2cncc([C@H]3CCCN(Cc4ccncc4)C3)n2)c1. The number of halogens is 1. The summed E-state index contributed by atoms with van der Waals surface area (Å²) < 4.78 is 0. The number of piperidine rings is 1. The van der Waals surface area contributed by atoms with Crippen LogP contribution in [0.4, 0.5) is 0 Å². The van der Waals surface area contributed by atoms with Crippen LogP contribution in [0.3, 0.4) is 0 Å². The van der Waals surface area contributed by atoms with E-state index in [-0.39, 0.29) is 0 Å². The van der Waals surface area contributed by atoms with Crippen LogP contribution < -0.4 is 0 Å². The molecule has 132 valence electrons. The Bertz CT molecular complexity index is 869. The zero-order valence-electron chi connectivity index (χ0n) is 14.6. The van der Waals surface area contributed by atoms with Crippen molar-refractivity contribution in [2.45, 2.75) is 25.3 Å². The van der Waals surface area contributed by atoms with Crippen LogP contribution >= 0.6 is 11.6 Å². The van der Waals surface area contributed by atoms with E-state index < -0.39 is 0 Å². The minimum absolute atomic E-state index is 0.414. The lowest BCUT2D eigenvalue weighted by molar-refractivity contribution is 0.198. The van der Waals surface area contributed by atoms with Crippen molar-refractivity contribution < 1.29 is 0 Å². The van der Waals surface area contributed by atoms with E-state index in [0.717, 1.165) is 48.0 Å². The number of hydrogen-bond acceptors (Lipinski definition) is 4. The highest BCUT2D eigenvalue weighted by atomic mass is 35.5. The Morgan fingerprint density at radius 2 is 1.96 bits per heavy atom. The van der Waals surface area contributed by atoms with Gasteiger partial charge in [0.05, 0.1) is 17.6 Å². The zero-order valence-corrected chi connectivity index (χ0v) is 15.3. The Morgan fingerprint density at radius 3 is 2.81 bits per heavy atom. The molecule has 1 fully saturated rings. The predicted octanol–water partition coefficient (Wildman–Crippen LogP) is 4.57. The molecule has 26 heavy (non-hydrogen) atoms. The molecule has 0 saturated carbocycles. The van der Waals surface area contributed by atoms with Gasteiger partial charge in [0.15, 0.2) is 0 Å². The molecule has 1 aliphatic rings. The van der Waals surface area contributed by atoms with Crippen molar-refractivity contribution >= 4 is 11.6 Å². The Kier molecular flexibility index (Phi) is 5.23. The molecule has 2 aromatic heterocycles. The van der Waals surface area contributed by atoms with Gasteiger partial charge in [-0.05, 0) is 49.2 Å². The molecule has 1 aromatic carbocycles. The van der Waals surface area contributed by atoms with Crippen molar-refractivity contribution in [3.63, 3.8) is 0 Å². The fraction of sp³-hybridized carbons (Fsp3) is 0.286. The largest absolute Gasteiger partial charge is 0.298 e. The van der Waals surface area contributed by atoms with Crippen LogP contribution in [0, 0.1) is 0 Å². The fourth-order valence-electron chi connectivity index (χ4n) is 3.55. The lowest BCUT2D eigenvalue weighted by Crippen LogP contribution is -2.34. The number of hydrogen-bond donors (Lipinski definition) is 0. The summed E-state index contributed by atoms with van der Waals surface area (Å²) in [6, 6.07) is 12.0. The monoisotopic (exact) mass is 364 g/mol. The summed E-state index contributed by atoms with van der Waals surface area (Å²) in [5, 5.41) is 0.718. The minimum Gasteiger partial charge on any atom is -0.298 e. The van der Waals surface area contributed by atoms with Gasteiger partial charge in [-0.2, -0.15) is 0 Å². The van der Waals surface area contributed by atoms with E-state index in [4.69, 9.17) is 16.6 Å². The molecule has 4 nitrogen and oxygen atoms in total. The number of rotatable bonds is 4. The highest BCUT2D eigenvalue weighted by Gasteiger charge is 2.23. The molecule has 3 aromatic rings. The van der Waals surface area contributed by atoms with Gasteiger partial charge in [0.2, 0.25) is 0 Å². The Labute approximate surface area is 158 Å². The summed E-state index contributed by atoms with van der Waals surface area (Å²) in [6.07, 6.45) is 9.77. The molecule has 1 saturated heterocycles. The van der Waals surface area contributed by atoms with Gasteiger partial charge in [-0.25, -0.2) is 4.98 Å². The maximum atomic E-state index is 6.12. The van der Waals surface area contributed by atoms with Crippen molar-refractivity contribution in [2.24, 2.45) is 0 Å². The summed E-state index contributed by atoms with van der Waals surface area (Å²) in [5.74, 6) is 0.414. The van der Waals surface area contributed by atoms with E-state index in [9.17, 15) is 0 Å². The zero-order chi connectivity index (χ0) is 17.8. The third-order valence-corrected chi connectivity index (χ3v) is 5.09. The summed E-state index contributed by atoms with van der Waals surface area (Å²) in [6.45, 7) is 3.09. The third kappa shape index (κ3) is 4.09. The standard InChI is InChI=1S/C21H21ClN4/c22-19-5-1-3-17(11-19)20-12-24-13-21(25-20)18-4-2-10-26(15-18)14-16-6-8-23-9-7-16/h1,3,5-9,11-13,18H,2,4,10,14-15H2/t18-/m0/s1. The molecule has 0 radical (unpaired) electrons. The number of benzene rings is 1. The minimum atomic E-state index is 0.414. The van der Waals surface area contributed by atoms with Gasteiger partial charge in [-0.3, -0.25) is 14.9 Å². The molecule has 5 heteroatoms. The molecule has 0 spiro atoms. The molecule has 0 aliphatic carbocycles. The Balaban J connectivity index is 1.51. The average molecular weight is 365 g/mol. The third-order valence-electron chi connectivity index (χ3n) is 4.85. The summed E-state index contributed by atoms with van der Waals surface area (Å²) in [5.41, 5.74) is 4.27. The van der Waals surface area contributed by atoms with Crippen LogP contribution in [-0.2, 0) is 6.54 Å². The Morgan fingerprint density at radius 1 is 1.08 bits per heavy atom. The molecular formula is C21H21ClN4. The second-order valence-corrected chi connectivity index (χ2v) is 7.21. The molecule has 1 atom stereocenters. The Hall–Kier alpha value is -2.30. The highest BCUT2D eigenvalue weighted by molar-refractivity contribution is 6.30. The first-order valence-electron chi connectivity index (χ1n) is 8.97. The van der Waals surface area contributed by atoms with E-state index in [1.807, 2.05) is 49.1 Å². The lowest BCUT2D eigenvalue weighted by Gasteiger charge is -2.32. The van der Waals surface area contributed by atoms with E-state index in [0.29, 0.717) is 5.92 Å². The summed E-state index contributed by atoms with van der Waals surface area (Å²) in [7, 11) is 0. The van der Waals surface area contributed by atoms with Crippen molar-refractivity contribution in [1.82, 2.24) is 19.9 Å². The summed E-state index contributed by atoms with van der Waals surface area (Å²) in [4.78, 5) is 15.9. The molecule has 0 amide bonds. The van der Waals surface area contributed by atoms with Gasteiger partial charge < -0.3 is 0 Å². The van der Waals surface area contributed by atoms with Crippen LogP contribution in [0.2, 0.25) is 5.02 Å². The molecule has 4 rings (SSSR count). The maximum Gasteiger partial charge on any atom is 0.0889 e. The number of aromatic nitrogens is 3. The average Bonchev–Trinajstić information content (AvgIpc) is 2.69. The fourth-order valence-corrected chi connectivity index (χ4v) is 3.74. The predicted molar refractivity (Wildman–Crippen MR) is 104 cm³/mol. The number of pyridine rings is 1. The van der Waals surface area contributed by atoms with Gasteiger partial charge in [0, 0.05) is 48.2 Å². The summed E-state index contributed by atoms with van der Waals surface area (Å²) >= 11 is 6.12. The second-order valence-electron chi connectivity index (χ2n) is 6.77. The molecule has 0 N–H and O–H groups in total. The van der Waals surface area contributed by atoms with Crippen molar-refractivity contribution in [3.8, 4) is 11.3 Å². The van der Waals surface area contributed by atoms with Gasteiger partial charge in [0.1, 0.15) is 0 Å². The van der Waals surface area contributed by atoms with Crippen LogP contribution in [-0.4, -0.2) is 32.9 Å². The van der Waals surface area contributed by atoms with Crippen LogP contribution in [0.1, 0.15) is 30.0 Å². The first-order valence-corrected chi connectivity index (χ1v) is 9.35. The van der Waals surface area contributed by atoms with Crippen LogP contribution in [0.25, 0.3) is 11.3 Å². The molecule has 3 heterocycles. The van der Waals surface area contributed by atoms with Gasteiger partial charge in [0.25, 0.3) is 0 Å². The maximum absolute atomic E-state index is 6.12. The number of nitrogens with zero attached hydrogens (tertiary/aromatic N) is 4. The highest BCUT2D eigenvalue weighted by Crippen LogP contribution is 2.28. The van der Waals surface area contributed by atoms with Gasteiger partial charge >= 0.3 is 0 Å². The van der Waals surface area contributed by atoms with E-state index in [2.05, 4.69) is 27.0 Å². The smallest absolute Gasteiger partial charge is 0.0889 e. The first kappa shape index (κ1) is 17.1. The normalized spacial score (nSPS) is 18.0. The topological polar surface area (TPSA) is 41.9 Å². The number of likely N-dealkylation sites (tertiary alicyclic amines) is 1. The van der Waals surface area contributed by atoms with Crippen molar-refractivity contribution in [1.29, 1.82) is 0 Å². The van der Waals surface area contributed by atoms with Crippen molar-refractivity contribution in [3.05, 3.63) is 77.5 Å². The van der Waals surface area contributed by atoms with Crippen LogP contribution in [0.5, 0.6) is 0 Å². The van der Waals surface area contributed by atoms with E-state index in [1.165, 1.54) is 12.0 Å². The quantitative estimate of drug-likeness (QED) is 0.680. The van der Waals surface area contributed by atoms with Gasteiger partial charge in [-0.15, -0.1) is 0 Å². The molecule has 0 unspecified atom stereocenters. The molecular weight excluding hydrogens is 344 g/mol. The first-order chi connectivity index (χ1) is 12.8.